The maximum absolute atomic E-state index is 12.0. The number of nitrogens with one attached hydrogen (secondary N) is 1. The molecule has 1 aliphatic rings. The average Bonchev–Trinajstić information content (AvgIpc) is 2.97. The van der Waals surface area contributed by atoms with Crippen molar-refractivity contribution in [2.24, 2.45) is 0 Å². The number of carbonyl (C=O) groups excluding carboxylic acids is 2. The maximum atomic E-state index is 12.0. The summed E-state index contributed by atoms with van der Waals surface area (Å²) >= 11 is 0. The quantitative estimate of drug-likeness (QED) is 0.904. The van der Waals surface area contributed by atoms with Gasteiger partial charge < -0.3 is 20.1 Å². The predicted octanol–water partition coefficient (Wildman–Crippen LogP) is 2.32. The molecule has 0 unspecified atom stereocenters. The molecule has 0 fully saturated rings. The minimum atomic E-state index is -0.320. The number of aromatic hydroxyl groups is 1. The van der Waals surface area contributed by atoms with Gasteiger partial charge in [0.05, 0.1) is 0 Å². The number of benzene rings is 2. The van der Waals surface area contributed by atoms with E-state index in [1.807, 2.05) is 12.1 Å². The van der Waals surface area contributed by atoms with Gasteiger partial charge >= 0.3 is 0 Å². The molecule has 0 atom stereocenters. The van der Waals surface area contributed by atoms with E-state index in [1.165, 1.54) is 6.07 Å². The number of phenols is 1. The molecule has 1 heterocycles. The topological polar surface area (TPSA) is 78.9 Å². The summed E-state index contributed by atoms with van der Waals surface area (Å²) < 4.78 is 5.30. The van der Waals surface area contributed by atoms with Gasteiger partial charge in [-0.05, 0) is 42.3 Å². The number of para-hydroxylation sites is 2. The Bertz CT molecular complexity index is 788. The fraction of sp³-hybridized carbons (Fsp3) is 0.222. The van der Waals surface area contributed by atoms with Crippen molar-refractivity contribution < 1.29 is 19.4 Å². The number of phenolic OH excluding ortho intramolecular Hbond substituents is 1. The highest BCUT2D eigenvalue weighted by Crippen LogP contribution is 2.30. The van der Waals surface area contributed by atoms with Crippen LogP contribution in [-0.2, 0) is 16.0 Å². The zero-order valence-corrected chi connectivity index (χ0v) is 13.3. The van der Waals surface area contributed by atoms with Gasteiger partial charge in [-0.1, -0.05) is 12.1 Å². The van der Waals surface area contributed by atoms with Gasteiger partial charge in [-0.25, -0.2) is 0 Å². The first-order chi connectivity index (χ1) is 11.5. The number of fused-ring (bicyclic) bond motifs is 1. The van der Waals surface area contributed by atoms with E-state index in [0.717, 1.165) is 17.7 Å². The van der Waals surface area contributed by atoms with Gasteiger partial charge in [0.1, 0.15) is 0 Å². The first-order valence-electron chi connectivity index (χ1n) is 7.66. The van der Waals surface area contributed by atoms with Crippen LogP contribution in [0.25, 0.3) is 0 Å². The van der Waals surface area contributed by atoms with Crippen LogP contribution in [0, 0.1) is 0 Å². The third-order valence-corrected chi connectivity index (χ3v) is 3.86. The second-order valence-electron chi connectivity index (χ2n) is 5.57. The number of rotatable bonds is 4. The molecule has 0 aliphatic carbocycles. The van der Waals surface area contributed by atoms with Crippen LogP contribution in [0.5, 0.6) is 11.5 Å². The monoisotopic (exact) mass is 326 g/mol. The Hall–Kier alpha value is -3.02. The summed E-state index contributed by atoms with van der Waals surface area (Å²) in [6.07, 6.45) is 0.771. The smallest absolute Gasteiger partial charge is 0.262 e. The summed E-state index contributed by atoms with van der Waals surface area (Å²) in [7, 11) is 0. The molecule has 0 radical (unpaired) electrons. The molecule has 0 saturated heterocycles. The SMILES string of the molecule is CC(=O)N1CCc2cc(NC(=O)COc3ccccc3O)ccc21. The highest BCUT2D eigenvalue weighted by molar-refractivity contribution is 5.95. The van der Waals surface area contributed by atoms with Crippen LogP contribution in [0.2, 0.25) is 0 Å². The fourth-order valence-electron chi connectivity index (χ4n) is 2.73. The summed E-state index contributed by atoms with van der Waals surface area (Å²) in [5, 5.41) is 12.4. The molecule has 6 heteroatoms. The lowest BCUT2D eigenvalue weighted by atomic mass is 10.1. The highest BCUT2D eigenvalue weighted by atomic mass is 16.5. The Balaban J connectivity index is 1.61. The van der Waals surface area contributed by atoms with Crippen molar-refractivity contribution in [2.45, 2.75) is 13.3 Å². The third kappa shape index (κ3) is 3.32. The molecule has 3 rings (SSSR count). The van der Waals surface area contributed by atoms with E-state index in [9.17, 15) is 14.7 Å². The Morgan fingerprint density at radius 1 is 1.25 bits per heavy atom. The van der Waals surface area contributed by atoms with Crippen LogP contribution >= 0.6 is 0 Å². The molecular weight excluding hydrogens is 308 g/mol. The van der Waals surface area contributed by atoms with Crippen molar-refractivity contribution >= 4 is 23.2 Å². The van der Waals surface area contributed by atoms with Gasteiger partial charge in [0.2, 0.25) is 5.91 Å². The first kappa shape index (κ1) is 15.9. The van der Waals surface area contributed by atoms with Crippen molar-refractivity contribution in [3.05, 3.63) is 48.0 Å². The number of anilines is 2. The van der Waals surface area contributed by atoms with Gasteiger partial charge in [-0.15, -0.1) is 0 Å². The summed E-state index contributed by atoms with van der Waals surface area (Å²) in [4.78, 5) is 25.3. The Morgan fingerprint density at radius 2 is 2.04 bits per heavy atom. The highest BCUT2D eigenvalue weighted by Gasteiger charge is 2.22. The minimum Gasteiger partial charge on any atom is -0.504 e. The van der Waals surface area contributed by atoms with Crippen molar-refractivity contribution in [3.8, 4) is 11.5 Å². The minimum absolute atomic E-state index is 0.00726. The molecule has 24 heavy (non-hydrogen) atoms. The Labute approximate surface area is 139 Å². The number of hydrogen-bond acceptors (Lipinski definition) is 4. The van der Waals surface area contributed by atoms with E-state index in [0.29, 0.717) is 12.2 Å². The lowest BCUT2D eigenvalue weighted by Gasteiger charge is -2.15. The number of amides is 2. The Morgan fingerprint density at radius 3 is 2.79 bits per heavy atom. The molecule has 0 spiro atoms. The predicted molar refractivity (Wildman–Crippen MR) is 90.4 cm³/mol. The van der Waals surface area contributed by atoms with Gasteiger partial charge in [0.15, 0.2) is 18.1 Å². The van der Waals surface area contributed by atoms with Gasteiger partial charge in [0.25, 0.3) is 5.91 Å². The van der Waals surface area contributed by atoms with Crippen LogP contribution in [0.15, 0.2) is 42.5 Å². The third-order valence-electron chi connectivity index (χ3n) is 3.86. The van der Waals surface area contributed by atoms with Crippen LogP contribution in [0.4, 0.5) is 11.4 Å². The van der Waals surface area contributed by atoms with E-state index in [2.05, 4.69) is 5.32 Å². The summed E-state index contributed by atoms with van der Waals surface area (Å²) in [6, 6.07) is 12.0. The van der Waals surface area contributed by atoms with Crippen molar-refractivity contribution in [1.29, 1.82) is 0 Å². The van der Waals surface area contributed by atoms with E-state index >= 15 is 0 Å². The molecule has 2 aromatic carbocycles. The van der Waals surface area contributed by atoms with E-state index in [-0.39, 0.29) is 29.9 Å². The van der Waals surface area contributed by atoms with Gasteiger partial charge in [0, 0.05) is 24.8 Å². The van der Waals surface area contributed by atoms with Gasteiger partial charge in [-0.2, -0.15) is 0 Å². The molecular formula is C18H18N2O4. The average molecular weight is 326 g/mol. The molecule has 0 aromatic heterocycles. The lowest BCUT2D eigenvalue weighted by molar-refractivity contribution is -0.118. The molecule has 2 N–H and O–H groups in total. The number of ether oxygens (including phenoxy) is 1. The molecule has 2 amide bonds. The number of carbonyl (C=O) groups is 2. The lowest BCUT2D eigenvalue weighted by Crippen LogP contribution is -2.25. The zero-order valence-electron chi connectivity index (χ0n) is 13.3. The molecule has 0 saturated carbocycles. The largest absolute Gasteiger partial charge is 0.504 e. The van der Waals surface area contributed by atoms with E-state index in [1.54, 1.807) is 36.1 Å². The molecule has 124 valence electrons. The fourth-order valence-corrected chi connectivity index (χ4v) is 2.73. The van der Waals surface area contributed by atoms with E-state index < -0.39 is 0 Å². The molecule has 2 aromatic rings. The summed E-state index contributed by atoms with van der Waals surface area (Å²) in [6.45, 7) is 2.01. The van der Waals surface area contributed by atoms with E-state index in [4.69, 9.17) is 4.74 Å². The van der Waals surface area contributed by atoms with Crippen LogP contribution in [0.1, 0.15) is 12.5 Å². The van der Waals surface area contributed by atoms with Crippen molar-refractivity contribution in [3.63, 3.8) is 0 Å². The zero-order chi connectivity index (χ0) is 17.1. The van der Waals surface area contributed by atoms with Crippen molar-refractivity contribution in [2.75, 3.05) is 23.4 Å². The van der Waals surface area contributed by atoms with Crippen molar-refractivity contribution in [1.82, 2.24) is 0 Å². The van der Waals surface area contributed by atoms with Gasteiger partial charge in [-0.3, -0.25) is 9.59 Å². The van der Waals surface area contributed by atoms with Crippen LogP contribution in [0.3, 0.4) is 0 Å². The Kier molecular flexibility index (Phi) is 4.37. The first-order valence-corrected chi connectivity index (χ1v) is 7.66. The van der Waals surface area contributed by atoms with Crippen LogP contribution in [-0.4, -0.2) is 30.1 Å². The molecule has 1 aliphatic heterocycles. The second kappa shape index (κ2) is 6.62. The second-order valence-corrected chi connectivity index (χ2v) is 5.57. The number of hydrogen-bond donors (Lipinski definition) is 2. The molecule has 0 bridgehead atoms. The van der Waals surface area contributed by atoms with Crippen LogP contribution < -0.4 is 15.0 Å². The maximum Gasteiger partial charge on any atom is 0.262 e. The summed E-state index contributed by atoms with van der Waals surface area (Å²) in [5.41, 5.74) is 2.58. The molecule has 6 nitrogen and oxygen atoms in total. The standard InChI is InChI=1S/C18H18N2O4/c1-12(21)20-9-8-13-10-14(6-7-15(13)20)19-18(23)11-24-17-5-3-2-4-16(17)22/h2-7,10,22H,8-9,11H2,1H3,(H,19,23). The normalized spacial score (nSPS) is 12.6. The number of nitrogens with zero attached hydrogens (tertiary/aromatic N) is 1. The summed E-state index contributed by atoms with van der Waals surface area (Å²) in [5.74, 6) is -0.0490.